The average Bonchev–Trinajstić information content (AvgIpc) is 3.37. The number of halogens is 3. The van der Waals surface area contributed by atoms with E-state index in [-0.39, 0.29) is 33.4 Å². The van der Waals surface area contributed by atoms with Crippen LogP contribution in [0.1, 0.15) is 17.4 Å². The number of Topliss-reactive ketones (excluding diaryl/α,β-unsaturated/α-hetero) is 1. The number of carbonyl (C=O) groups excluding carboxylic acids is 2. The molecule has 1 aromatic heterocycles. The van der Waals surface area contributed by atoms with E-state index in [2.05, 4.69) is 0 Å². The maximum Gasteiger partial charge on any atom is 0.300 e. The van der Waals surface area contributed by atoms with Crippen LogP contribution in [0.25, 0.3) is 5.76 Å². The average molecular weight is 446 g/mol. The third-order valence-electron chi connectivity index (χ3n) is 4.86. The highest BCUT2D eigenvalue weighted by atomic mass is 35.5. The van der Waals surface area contributed by atoms with Gasteiger partial charge in [0, 0.05) is 16.8 Å². The van der Waals surface area contributed by atoms with Crippen molar-refractivity contribution >= 4 is 34.7 Å². The molecule has 31 heavy (non-hydrogen) atoms. The molecule has 1 amide bonds. The van der Waals surface area contributed by atoms with Gasteiger partial charge in [0.1, 0.15) is 23.3 Å². The number of hydrogen-bond donors (Lipinski definition) is 1. The van der Waals surface area contributed by atoms with E-state index in [1.165, 1.54) is 43.7 Å². The number of aliphatic hydroxyl groups is 1. The lowest BCUT2D eigenvalue weighted by molar-refractivity contribution is -0.132. The number of nitrogens with zero attached hydrogens (tertiary/aromatic N) is 1. The predicted molar refractivity (Wildman–Crippen MR) is 108 cm³/mol. The van der Waals surface area contributed by atoms with Gasteiger partial charge >= 0.3 is 0 Å². The molecular formula is C22H14ClF2NO5. The molecule has 1 saturated heterocycles. The third-order valence-corrected chi connectivity index (χ3v) is 5.09. The third kappa shape index (κ3) is 3.44. The first-order chi connectivity index (χ1) is 14.8. The Hall–Kier alpha value is -3.65. The van der Waals surface area contributed by atoms with Crippen LogP contribution in [0.2, 0.25) is 5.02 Å². The fourth-order valence-corrected chi connectivity index (χ4v) is 3.63. The quantitative estimate of drug-likeness (QED) is 0.353. The van der Waals surface area contributed by atoms with Crippen LogP contribution in [0.5, 0.6) is 5.75 Å². The van der Waals surface area contributed by atoms with E-state index >= 15 is 0 Å². The van der Waals surface area contributed by atoms with Gasteiger partial charge in [-0.25, -0.2) is 8.78 Å². The minimum atomic E-state index is -1.23. The van der Waals surface area contributed by atoms with Crippen LogP contribution in [-0.4, -0.2) is 23.9 Å². The number of aliphatic hydroxyl groups excluding tert-OH is 1. The number of benzene rings is 2. The number of carbonyl (C=O) groups is 2. The van der Waals surface area contributed by atoms with Crippen molar-refractivity contribution in [2.75, 3.05) is 12.0 Å². The maximum absolute atomic E-state index is 13.9. The first-order valence-corrected chi connectivity index (χ1v) is 9.34. The summed E-state index contributed by atoms with van der Waals surface area (Å²) < 4.78 is 37.9. The summed E-state index contributed by atoms with van der Waals surface area (Å²) in [5.41, 5.74) is -0.320. The molecule has 1 aliphatic heterocycles. The molecule has 1 fully saturated rings. The Balaban J connectivity index is 1.97. The number of ketones is 1. The van der Waals surface area contributed by atoms with Crippen LogP contribution in [0, 0.1) is 11.6 Å². The van der Waals surface area contributed by atoms with E-state index in [0.29, 0.717) is 0 Å². The highest BCUT2D eigenvalue weighted by Crippen LogP contribution is 2.43. The summed E-state index contributed by atoms with van der Waals surface area (Å²) in [5, 5.41) is 11.3. The Morgan fingerprint density at radius 3 is 2.55 bits per heavy atom. The lowest BCUT2D eigenvalue weighted by Crippen LogP contribution is -2.29. The minimum absolute atomic E-state index is 0.0786. The molecule has 0 radical (unpaired) electrons. The molecule has 1 N–H and O–H groups in total. The second kappa shape index (κ2) is 7.88. The Bertz CT molecular complexity index is 1220. The van der Waals surface area contributed by atoms with Crippen LogP contribution in [0.15, 0.2) is 64.8 Å². The number of methoxy groups -OCH3 is 1. The highest BCUT2D eigenvalue weighted by molar-refractivity contribution is 6.51. The Morgan fingerprint density at radius 1 is 1.13 bits per heavy atom. The first kappa shape index (κ1) is 20.6. The molecule has 2 heterocycles. The number of amides is 1. The zero-order valence-corrected chi connectivity index (χ0v) is 16.7. The van der Waals surface area contributed by atoms with Gasteiger partial charge in [0.25, 0.3) is 11.7 Å². The van der Waals surface area contributed by atoms with Gasteiger partial charge in [-0.15, -0.1) is 0 Å². The molecule has 1 unspecified atom stereocenters. The molecule has 158 valence electrons. The summed E-state index contributed by atoms with van der Waals surface area (Å²) in [7, 11) is 1.36. The number of rotatable bonds is 4. The number of anilines is 1. The largest absolute Gasteiger partial charge is 0.507 e. The molecular weight excluding hydrogens is 432 g/mol. The molecule has 2 aromatic carbocycles. The zero-order chi connectivity index (χ0) is 22.3. The molecule has 0 saturated carbocycles. The van der Waals surface area contributed by atoms with Gasteiger partial charge in [0.05, 0.1) is 24.5 Å². The molecule has 4 rings (SSSR count). The van der Waals surface area contributed by atoms with Gasteiger partial charge in [-0.05, 0) is 42.5 Å². The summed E-state index contributed by atoms with van der Waals surface area (Å²) in [4.78, 5) is 26.8. The van der Waals surface area contributed by atoms with Crippen molar-refractivity contribution in [3.63, 3.8) is 0 Å². The van der Waals surface area contributed by atoms with E-state index in [0.717, 1.165) is 23.1 Å². The summed E-state index contributed by atoms with van der Waals surface area (Å²) in [6, 6.07) is 8.96. The van der Waals surface area contributed by atoms with Crippen molar-refractivity contribution in [2.24, 2.45) is 0 Å². The van der Waals surface area contributed by atoms with Crippen molar-refractivity contribution in [1.82, 2.24) is 0 Å². The zero-order valence-electron chi connectivity index (χ0n) is 15.9. The number of hydrogen-bond acceptors (Lipinski definition) is 5. The SMILES string of the molecule is COc1ccc(Cl)cc1/C(O)=C1/C(=O)C(=O)N(c2ccc(F)c(F)c2)C1c1ccco1. The summed E-state index contributed by atoms with van der Waals surface area (Å²) in [6.45, 7) is 0. The van der Waals surface area contributed by atoms with Crippen LogP contribution >= 0.6 is 11.6 Å². The molecule has 6 nitrogen and oxygen atoms in total. The number of ether oxygens (including phenoxy) is 1. The lowest BCUT2D eigenvalue weighted by Gasteiger charge is -2.23. The standard InChI is InChI=1S/C22H14ClF2NO5/c1-30-16-7-4-11(23)9-13(16)20(27)18-19(17-3-2-8-31-17)26(22(29)21(18)28)12-5-6-14(24)15(25)10-12/h2-10,19,27H,1H3/b20-18-. The predicted octanol–water partition coefficient (Wildman–Crippen LogP) is 4.85. The lowest BCUT2D eigenvalue weighted by atomic mass is 9.98. The van der Waals surface area contributed by atoms with Gasteiger partial charge in [-0.2, -0.15) is 0 Å². The van der Waals surface area contributed by atoms with Crippen molar-refractivity contribution in [1.29, 1.82) is 0 Å². The summed E-state index contributed by atoms with van der Waals surface area (Å²) in [6.07, 6.45) is 1.32. The van der Waals surface area contributed by atoms with Gasteiger partial charge in [-0.1, -0.05) is 11.6 Å². The molecule has 1 aliphatic rings. The van der Waals surface area contributed by atoms with Gasteiger partial charge in [0.15, 0.2) is 11.6 Å². The Morgan fingerprint density at radius 2 is 1.90 bits per heavy atom. The molecule has 1 atom stereocenters. The first-order valence-electron chi connectivity index (χ1n) is 8.97. The Kier molecular flexibility index (Phi) is 5.24. The molecule has 0 spiro atoms. The van der Waals surface area contributed by atoms with Crippen LogP contribution < -0.4 is 9.64 Å². The fourth-order valence-electron chi connectivity index (χ4n) is 3.46. The summed E-state index contributed by atoms with van der Waals surface area (Å²) in [5.74, 6) is -4.61. The van der Waals surface area contributed by atoms with E-state index < -0.39 is 35.1 Å². The maximum atomic E-state index is 13.9. The van der Waals surface area contributed by atoms with Gasteiger partial charge < -0.3 is 14.3 Å². The second-order valence-corrected chi connectivity index (χ2v) is 7.06. The molecule has 9 heteroatoms. The Labute approximate surface area is 179 Å². The normalized spacial score (nSPS) is 17.9. The van der Waals surface area contributed by atoms with Crippen molar-refractivity contribution in [3.8, 4) is 5.75 Å². The van der Waals surface area contributed by atoms with E-state index in [4.69, 9.17) is 20.8 Å². The fraction of sp³-hybridized carbons (Fsp3) is 0.0909. The van der Waals surface area contributed by atoms with Gasteiger partial charge in [-0.3, -0.25) is 14.5 Å². The molecule has 0 aliphatic carbocycles. The smallest absolute Gasteiger partial charge is 0.300 e. The van der Waals surface area contributed by atoms with E-state index in [9.17, 15) is 23.5 Å². The number of furan rings is 1. The second-order valence-electron chi connectivity index (χ2n) is 6.63. The van der Waals surface area contributed by atoms with Crippen LogP contribution in [0.3, 0.4) is 0 Å². The van der Waals surface area contributed by atoms with Crippen molar-refractivity contribution in [2.45, 2.75) is 6.04 Å². The van der Waals surface area contributed by atoms with Crippen molar-refractivity contribution < 1.29 is 32.6 Å². The monoisotopic (exact) mass is 445 g/mol. The van der Waals surface area contributed by atoms with Crippen molar-refractivity contribution in [3.05, 3.63) is 88.3 Å². The minimum Gasteiger partial charge on any atom is -0.507 e. The highest BCUT2D eigenvalue weighted by Gasteiger charge is 2.48. The molecule has 0 bridgehead atoms. The van der Waals surface area contributed by atoms with E-state index in [1.54, 1.807) is 0 Å². The summed E-state index contributed by atoms with van der Waals surface area (Å²) >= 11 is 6.04. The van der Waals surface area contributed by atoms with Crippen LogP contribution in [0.4, 0.5) is 14.5 Å². The van der Waals surface area contributed by atoms with Crippen LogP contribution in [-0.2, 0) is 9.59 Å². The van der Waals surface area contributed by atoms with Gasteiger partial charge in [0.2, 0.25) is 0 Å². The topological polar surface area (TPSA) is 80.0 Å². The molecule has 3 aromatic rings. The van der Waals surface area contributed by atoms with E-state index in [1.807, 2.05) is 0 Å².